The fourth-order valence-corrected chi connectivity index (χ4v) is 6.42. The lowest BCUT2D eigenvalue weighted by molar-refractivity contribution is 1.20. The van der Waals surface area contributed by atoms with Crippen LogP contribution in [-0.4, -0.2) is 4.98 Å². The minimum Gasteiger partial charge on any atom is -0.261 e. The summed E-state index contributed by atoms with van der Waals surface area (Å²) >= 11 is 0. The first kappa shape index (κ1) is 25.2. The Bertz CT molecular complexity index is 2200. The van der Waals surface area contributed by atoms with Crippen molar-refractivity contribution in [1.29, 1.82) is 0 Å². The first-order valence-electron chi connectivity index (χ1n) is 14.8. The number of aromatic nitrogens is 1. The van der Waals surface area contributed by atoms with Crippen molar-refractivity contribution in [3.63, 3.8) is 0 Å². The zero-order chi connectivity index (χ0) is 28.8. The van der Waals surface area contributed by atoms with Crippen molar-refractivity contribution in [3.05, 3.63) is 164 Å². The van der Waals surface area contributed by atoms with Gasteiger partial charge in [-0.05, 0) is 90.3 Å². The van der Waals surface area contributed by atoms with Crippen LogP contribution in [0.4, 0.5) is 0 Å². The quantitative estimate of drug-likeness (QED) is 0.200. The molecule has 202 valence electrons. The molecular formula is C42H29N. The molecule has 1 heterocycles. The summed E-state index contributed by atoms with van der Waals surface area (Å²) in [6.45, 7) is 2.02. The third kappa shape index (κ3) is 4.47. The molecule has 0 amide bonds. The normalized spacial score (nSPS) is 11.4. The Hall–Kier alpha value is -5.53. The predicted octanol–water partition coefficient (Wildman–Crippen LogP) is 11.5. The number of rotatable bonds is 4. The molecule has 8 aromatic rings. The Morgan fingerprint density at radius 2 is 0.767 bits per heavy atom. The Kier molecular flexibility index (Phi) is 6.09. The topological polar surface area (TPSA) is 12.9 Å². The minimum atomic E-state index is 1.03. The van der Waals surface area contributed by atoms with Crippen LogP contribution in [0.5, 0.6) is 0 Å². The van der Waals surface area contributed by atoms with Crippen LogP contribution in [0.15, 0.2) is 158 Å². The number of aryl methyl sites for hydroxylation is 1. The van der Waals surface area contributed by atoms with Crippen LogP contribution in [0.25, 0.3) is 76.8 Å². The van der Waals surface area contributed by atoms with Crippen LogP contribution in [0.1, 0.15) is 5.69 Å². The fourth-order valence-electron chi connectivity index (χ4n) is 6.42. The molecule has 0 spiro atoms. The highest BCUT2D eigenvalue weighted by molar-refractivity contribution is 6.21. The molecule has 0 aliphatic carbocycles. The average Bonchev–Trinajstić information content (AvgIpc) is 3.07. The van der Waals surface area contributed by atoms with Crippen molar-refractivity contribution in [2.24, 2.45) is 0 Å². The van der Waals surface area contributed by atoms with Gasteiger partial charge in [0.1, 0.15) is 0 Å². The van der Waals surface area contributed by atoms with Crippen molar-refractivity contribution < 1.29 is 0 Å². The highest BCUT2D eigenvalue weighted by atomic mass is 14.7. The van der Waals surface area contributed by atoms with Gasteiger partial charge in [-0.25, -0.2) is 0 Å². The number of benzene rings is 7. The van der Waals surface area contributed by atoms with Gasteiger partial charge in [0.15, 0.2) is 0 Å². The molecule has 7 aromatic carbocycles. The van der Waals surface area contributed by atoms with Gasteiger partial charge in [-0.15, -0.1) is 0 Å². The Labute approximate surface area is 251 Å². The van der Waals surface area contributed by atoms with Crippen molar-refractivity contribution in [2.75, 3.05) is 0 Å². The summed E-state index contributed by atoms with van der Waals surface area (Å²) in [5, 5.41) is 7.62. The minimum absolute atomic E-state index is 1.03. The molecule has 8 rings (SSSR count). The van der Waals surface area contributed by atoms with Crippen molar-refractivity contribution in [2.45, 2.75) is 6.92 Å². The second-order valence-electron chi connectivity index (χ2n) is 11.2. The third-order valence-corrected chi connectivity index (χ3v) is 8.61. The first-order chi connectivity index (χ1) is 21.2. The summed E-state index contributed by atoms with van der Waals surface area (Å²) in [4.78, 5) is 4.45. The van der Waals surface area contributed by atoms with Crippen LogP contribution >= 0.6 is 0 Å². The van der Waals surface area contributed by atoms with Gasteiger partial charge in [-0.1, -0.05) is 140 Å². The van der Waals surface area contributed by atoms with Crippen LogP contribution in [0, 0.1) is 6.92 Å². The first-order valence-corrected chi connectivity index (χ1v) is 14.8. The fraction of sp³-hybridized carbons (Fsp3) is 0.0238. The second-order valence-corrected chi connectivity index (χ2v) is 11.2. The van der Waals surface area contributed by atoms with E-state index in [9.17, 15) is 0 Å². The van der Waals surface area contributed by atoms with E-state index >= 15 is 0 Å². The zero-order valence-corrected chi connectivity index (χ0v) is 24.0. The molecule has 0 saturated carbocycles. The molecule has 1 heteroatoms. The summed E-state index contributed by atoms with van der Waals surface area (Å²) in [7, 11) is 0. The van der Waals surface area contributed by atoms with Gasteiger partial charge in [0, 0.05) is 17.5 Å². The predicted molar refractivity (Wildman–Crippen MR) is 183 cm³/mol. The van der Waals surface area contributed by atoms with Gasteiger partial charge < -0.3 is 0 Å². The largest absolute Gasteiger partial charge is 0.261 e. The van der Waals surface area contributed by atoms with Crippen molar-refractivity contribution in [1.82, 2.24) is 4.98 Å². The molecule has 0 radical (unpaired) electrons. The molecular weight excluding hydrogens is 518 g/mol. The Morgan fingerprint density at radius 3 is 1.30 bits per heavy atom. The van der Waals surface area contributed by atoms with Gasteiger partial charge >= 0.3 is 0 Å². The highest BCUT2D eigenvalue weighted by Crippen LogP contribution is 2.44. The Balaban J connectivity index is 1.24. The van der Waals surface area contributed by atoms with E-state index < -0.39 is 0 Å². The van der Waals surface area contributed by atoms with E-state index in [-0.39, 0.29) is 0 Å². The lowest BCUT2D eigenvalue weighted by atomic mass is 9.85. The van der Waals surface area contributed by atoms with Gasteiger partial charge in [-0.3, -0.25) is 4.98 Å². The van der Waals surface area contributed by atoms with E-state index in [1.165, 1.54) is 71.3 Å². The lowest BCUT2D eigenvalue weighted by Crippen LogP contribution is -1.91. The van der Waals surface area contributed by atoms with Gasteiger partial charge in [0.2, 0.25) is 0 Å². The Morgan fingerprint density at radius 1 is 0.349 bits per heavy atom. The van der Waals surface area contributed by atoms with Crippen LogP contribution in [-0.2, 0) is 0 Å². The summed E-state index contributed by atoms with van der Waals surface area (Å²) in [6, 6.07) is 55.2. The molecule has 1 aromatic heterocycles. The number of hydrogen-bond acceptors (Lipinski definition) is 1. The maximum absolute atomic E-state index is 4.45. The van der Waals surface area contributed by atoms with Crippen molar-refractivity contribution >= 4 is 32.3 Å². The molecule has 0 aliphatic heterocycles. The average molecular weight is 548 g/mol. The molecule has 0 unspecified atom stereocenters. The van der Waals surface area contributed by atoms with E-state index in [1.807, 2.05) is 13.1 Å². The molecule has 0 aliphatic rings. The van der Waals surface area contributed by atoms with E-state index in [2.05, 4.69) is 157 Å². The summed E-state index contributed by atoms with van der Waals surface area (Å²) in [6.07, 6.45) is 1.94. The number of pyridine rings is 1. The monoisotopic (exact) mass is 547 g/mol. The molecule has 43 heavy (non-hydrogen) atoms. The lowest BCUT2D eigenvalue weighted by Gasteiger charge is -2.18. The summed E-state index contributed by atoms with van der Waals surface area (Å²) in [5.74, 6) is 0. The SMILES string of the molecule is Cc1ccc(-c2ccc(-c3ccc(-c4c5ccccc5c(-c5ccc6ccccc6c5)c5ccccc45)cc3)cc2)cn1. The summed E-state index contributed by atoms with van der Waals surface area (Å²) in [5.41, 5.74) is 10.8. The summed E-state index contributed by atoms with van der Waals surface area (Å²) < 4.78 is 0. The van der Waals surface area contributed by atoms with Gasteiger partial charge in [-0.2, -0.15) is 0 Å². The van der Waals surface area contributed by atoms with E-state index in [0.29, 0.717) is 0 Å². The highest BCUT2D eigenvalue weighted by Gasteiger charge is 2.16. The molecule has 0 atom stereocenters. The van der Waals surface area contributed by atoms with Crippen molar-refractivity contribution in [3.8, 4) is 44.5 Å². The van der Waals surface area contributed by atoms with E-state index in [0.717, 1.165) is 11.3 Å². The van der Waals surface area contributed by atoms with E-state index in [1.54, 1.807) is 0 Å². The maximum Gasteiger partial charge on any atom is 0.0373 e. The third-order valence-electron chi connectivity index (χ3n) is 8.61. The number of nitrogens with zero attached hydrogens (tertiary/aromatic N) is 1. The molecule has 0 fully saturated rings. The number of hydrogen-bond donors (Lipinski definition) is 0. The van der Waals surface area contributed by atoms with E-state index in [4.69, 9.17) is 0 Å². The molecule has 0 bridgehead atoms. The standard InChI is InChI=1S/C42H29N/c1-28-14-15-36(27-43-28)32-18-16-30(17-19-32)31-20-23-33(24-21-31)41-37-10-4-6-12-39(37)42(40-13-7-5-11-38(40)41)35-25-22-29-8-2-3-9-34(29)26-35/h2-27H,1H3. The zero-order valence-electron chi connectivity index (χ0n) is 24.0. The maximum atomic E-state index is 4.45. The molecule has 0 N–H and O–H groups in total. The molecule has 1 nitrogen and oxygen atoms in total. The van der Waals surface area contributed by atoms with Gasteiger partial charge in [0.25, 0.3) is 0 Å². The number of fused-ring (bicyclic) bond motifs is 3. The van der Waals surface area contributed by atoms with Crippen LogP contribution in [0.2, 0.25) is 0 Å². The molecule has 0 saturated heterocycles. The van der Waals surface area contributed by atoms with Crippen LogP contribution < -0.4 is 0 Å². The smallest absolute Gasteiger partial charge is 0.0373 e. The van der Waals surface area contributed by atoms with Gasteiger partial charge in [0.05, 0.1) is 0 Å². The second kappa shape index (κ2) is 10.4. The van der Waals surface area contributed by atoms with Crippen LogP contribution in [0.3, 0.4) is 0 Å².